The van der Waals surface area contributed by atoms with E-state index in [0.29, 0.717) is 30.2 Å². The van der Waals surface area contributed by atoms with Crippen LogP contribution in [0.2, 0.25) is 0 Å². The smallest absolute Gasteiger partial charge is 0.317 e. The first-order chi connectivity index (χ1) is 14.7. The molecule has 1 fully saturated rings. The van der Waals surface area contributed by atoms with Gasteiger partial charge < -0.3 is 15.2 Å². The van der Waals surface area contributed by atoms with E-state index in [0.717, 1.165) is 18.4 Å². The van der Waals surface area contributed by atoms with Crippen LogP contribution in [0.4, 0.5) is 4.39 Å². The Morgan fingerprint density at radius 3 is 2.52 bits per heavy atom. The Hall–Kier alpha value is -2.49. The van der Waals surface area contributed by atoms with Crippen molar-refractivity contribution < 1.29 is 27.4 Å². The van der Waals surface area contributed by atoms with Gasteiger partial charge in [-0.15, -0.1) is 0 Å². The summed E-state index contributed by atoms with van der Waals surface area (Å²) in [6.07, 6.45) is 2.19. The number of hydrogen-bond acceptors (Lipinski definition) is 5. The van der Waals surface area contributed by atoms with E-state index in [-0.39, 0.29) is 18.0 Å². The maximum absolute atomic E-state index is 14.0. The summed E-state index contributed by atoms with van der Waals surface area (Å²) >= 11 is 0. The fourth-order valence-electron chi connectivity index (χ4n) is 3.06. The normalized spacial score (nSPS) is 14.9. The van der Waals surface area contributed by atoms with Crippen LogP contribution in [0.15, 0.2) is 42.5 Å². The van der Waals surface area contributed by atoms with Crippen molar-refractivity contribution in [3.63, 3.8) is 0 Å². The summed E-state index contributed by atoms with van der Waals surface area (Å²) in [5.41, 5.74) is 2.08. The van der Waals surface area contributed by atoms with E-state index in [1.807, 2.05) is 0 Å². The van der Waals surface area contributed by atoms with Gasteiger partial charge in [-0.3, -0.25) is 4.79 Å². The van der Waals surface area contributed by atoms with Crippen LogP contribution in [-0.2, 0) is 27.1 Å². The van der Waals surface area contributed by atoms with Crippen LogP contribution in [0, 0.1) is 11.7 Å². The molecule has 9 heteroatoms. The van der Waals surface area contributed by atoms with Crippen LogP contribution in [0.25, 0.3) is 0 Å². The molecule has 0 spiro atoms. The molecule has 0 aliphatic heterocycles. The Kier molecular flexibility index (Phi) is 7.64. The number of ether oxygens (including phenoxy) is 1. The lowest BCUT2D eigenvalue weighted by atomic mass is 10.1. The zero-order valence-electron chi connectivity index (χ0n) is 17.3. The van der Waals surface area contributed by atoms with Gasteiger partial charge in [-0.1, -0.05) is 30.3 Å². The topological polar surface area (TPSA) is 105 Å². The highest BCUT2D eigenvalue weighted by molar-refractivity contribution is 7.88. The van der Waals surface area contributed by atoms with E-state index in [2.05, 4.69) is 10.0 Å². The SMILES string of the molecule is C[C@@H](NS(=O)(=O)Cc1ccc(CNCC(=O)O)cc1)c1ccc(F)c(OCC2CC2)c1. The molecule has 3 N–H and O–H groups in total. The van der Waals surface area contributed by atoms with E-state index in [1.165, 1.54) is 6.07 Å². The maximum Gasteiger partial charge on any atom is 0.317 e. The monoisotopic (exact) mass is 450 g/mol. The molecule has 2 aromatic rings. The minimum absolute atomic E-state index is 0.141. The van der Waals surface area contributed by atoms with Gasteiger partial charge in [0.25, 0.3) is 0 Å². The minimum atomic E-state index is -3.64. The van der Waals surface area contributed by atoms with E-state index >= 15 is 0 Å². The number of nitrogens with one attached hydrogen (secondary N) is 2. The highest BCUT2D eigenvalue weighted by Crippen LogP contribution is 2.31. The highest BCUT2D eigenvalue weighted by Gasteiger charge is 2.23. The third kappa shape index (κ3) is 7.61. The Bertz CT molecular complexity index is 1010. The second kappa shape index (κ2) is 10.2. The molecular formula is C22H27FN2O5S. The number of halogens is 1. The molecule has 1 saturated carbocycles. The summed E-state index contributed by atoms with van der Waals surface area (Å²) in [7, 11) is -3.64. The van der Waals surface area contributed by atoms with Crippen molar-refractivity contribution in [3.8, 4) is 5.75 Å². The molecule has 0 unspecified atom stereocenters. The highest BCUT2D eigenvalue weighted by atomic mass is 32.2. The number of carbonyl (C=O) groups is 1. The minimum Gasteiger partial charge on any atom is -0.490 e. The maximum atomic E-state index is 14.0. The molecule has 0 saturated heterocycles. The molecule has 3 rings (SSSR count). The van der Waals surface area contributed by atoms with Gasteiger partial charge in [0.1, 0.15) is 0 Å². The first-order valence-corrected chi connectivity index (χ1v) is 11.8. The lowest BCUT2D eigenvalue weighted by Gasteiger charge is -2.16. The molecule has 1 aliphatic carbocycles. The molecule has 0 aromatic heterocycles. The van der Waals surface area contributed by atoms with Gasteiger partial charge in [0, 0.05) is 12.6 Å². The first-order valence-electron chi connectivity index (χ1n) is 10.1. The number of hydrogen-bond donors (Lipinski definition) is 3. The van der Waals surface area contributed by atoms with Gasteiger partial charge in [0.2, 0.25) is 10.0 Å². The Morgan fingerprint density at radius 1 is 1.19 bits per heavy atom. The molecular weight excluding hydrogens is 423 g/mol. The average molecular weight is 451 g/mol. The van der Waals surface area contributed by atoms with Crippen molar-refractivity contribution in [2.45, 2.75) is 38.1 Å². The van der Waals surface area contributed by atoms with Crippen molar-refractivity contribution in [1.82, 2.24) is 10.0 Å². The second-order valence-corrected chi connectivity index (χ2v) is 9.61. The Morgan fingerprint density at radius 2 is 1.87 bits per heavy atom. The van der Waals surface area contributed by atoms with E-state index in [9.17, 15) is 17.6 Å². The number of rotatable bonds is 12. The Labute approximate surface area is 181 Å². The van der Waals surface area contributed by atoms with Crippen LogP contribution >= 0.6 is 0 Å². The summed E-state index contributed by atoms with van der Waals surface area (Å²) in [5, 5.41) is 11.4. The first kappa shape index (κ1) is 23.2. The fraction of sp³-hybridized carbons (Fsp3) is 0.409. The quantitative estimate of drug-likeness (QED) is 0.459. The molecule has 0 radical (unpaired) electrons. The molecule has 1 aliphatic rings. The van der Waals surface area contributed by atoms with E-state index < -0.39 is 27.9 Å². The van der Waals surface area contributed by atoms with Crippen molar-refractivity contribution >= 4 is 16.0 Å². The molecule has 7 nitrogen and oxygen atoms in total. The van der Waals surface area contributed by atoms with Gasteiger partial charge in [-0.25, -0.2) is 17.5 Å². The fourth-order valence-corrected chi connectivity index (χ4v) is 4.45. The predicted octanol–water partition coefficient (Wildman–Crippen LogP) is 2.97. The van der Waals surface area contributed by atoms with Crippen LogP contribution < -0.4 is 14.8 Å². The summed E-state index contributed by atoms with van der Waals surface area (Å²) in [6, 6.07) is 10.7. The largest absolute Gasteiger partial charge is 0.490 e. The molecule has 2 aromatic carbocycles. The standard InChI is InChI=1S/C22H27FN2O5S/c1-15(19-8-9-20(23)21(10-19)30-13-17-4-5-17)25-31(28,29)14-18-6-2-16(3-7-18)11-24-12-22(26)27/h2-3,6-10,15,17,24-25H,4-5,11-14H2,1H3,(H,26,27)/t15-/m1/s1. The molecule has 0 heterocycles. The van der Waals surface area contributed by atoms with Gasteiger partial charge in [0.05, 0.1) is 18.9 Å². The number of aliphatic carboxylic acids is 1. The number of sulfonamides is 1. The summed E-state index contributed by atoms with van der Waals surface area (Å²) < 4.78 is 47.3. The van der Waals surface area contributed by atoms with Crippen LogP contribution in [0.1, 0.15) is 42.5 Å². The van der Waals surface area contributed by atoms with E-state index in [1.54, 1.807) is 43.3 Å². The summed E-state index contributed by atoms with van der Waals surface area (Å²) in [4.78, 5) is 10.5. The Balaban J connectivity index is 1.57. The lowest BCUT2D eigenvalue weighted by molar-refractivity contribution is -0.136. The predicted molar refractivity (Wildman–Crippen MR) is 115 cm³/mol. The van der Waals surface area contributed by atoms with Crippen molar-refractivity contribution in [2.24, 2.45) is 5.92 Å². The van der Waals surface area contributed by atoms with Gasteiger partial charge in [-0.05, 0) is 54.5 Å². The van der Waals surface area contributed by atoms with Gasteiger partial charge >= 0.3 is 5.97 Å². The molecule has 168 valence electrons. The van der Waals surface area contributed by atoms with Crippen LogP contribution in [0.3, 0.4) is 0 Å². The molecule has 31 heavy (non-hydrogen) atoms. The molecule has 0 amide bonds. The summed E-state index contributed by atoms with van der Waals surface area (Å²) in [5.74, 6) is -0.976. The van der Waals surface area contributed by atoms with Crippen molar-refractivity contribution in [1.29, 1.82) is 0 Å². The van der Waals surface area contributed by atoms with Crippen LogP contribution in [-0.4, -0.2) is 32.6 Å². The number of carboxylic acids is 1. The lowest BCUT2D eigenvalue weighted by Crippen LogP contribution is -2.28. The third-order valence-corrected chi connectivity index (χ3v) is 6.39. The van der Waals surface area contributed by atoms with Crippen LogP contribution in [0.5, 0.6) is 5.75 Å². The summed E-state index contributed by atoms with van der Waals surface area (Å²) in [6.45, 7) is 2.41. The zero-order chi connectivity index (χ0) is 22.4. The van der Waals surface area contributed by atoms with Gasteiger partial charge in [-0.2, -0.15) is 0 Å². The van der Waals surface area contributed by atoms with Gasteiger partial charge in [0.15, 0.2) is 11.6 Å². The zero-order valence-corrected chi connectivity index (χ0v) is 18.1. The number of benzene rings is 2. The van der Waals surface area contributed by atoms with E-state index in [4.69, 9.17) is 9.84 Å². The third-order valence-electron chi connectivity index (χ3n) is 4.97. The molecule has 1 atom stereocenters. The second-order valence-electron chi connectivity index (χ2n) is 7.86. The average Bonchev–Trinajstić information content (AvgIpc) is 3.52. The van der Waals surface area contributed by atoms with Crippen molar-refractivity contribution in [2.75, 3.05) is 13.2 Å². The molecule has 0 bridgehead atoms. The number of carboxylic acid groups (broad SMARTS) is 1. The van der Waals surface area contributed by atoms with Crippen molar-refractivity contribution in [3.05, 3.63) is 65.0 Å².